The van der Waals surface area contributed by atoms with Crippen LogP contribution in [0.4, 0.5) is 0 Å². The largest absolute Gasteiger partial charge is 0.477 e. The number of esters is 1. The first-order valence-corrected chi connectivity index (χ1v) is 12.9. The summed E-state index contributed by atoms with van der Waals surface area (Å²) in [5.74, 6) is -2.16. The molecule has 0 unspecified atom stereocenters. The lowest BCUT2D eigenvalue weighted by molar-refractivity contribution is 0.0548. The number of carbonyl (C=O) groups is 3. The number of thiophene rings is 1. The lowest BCUT2D eigenvalue weighted by Gasteiger charge is -2.16. The summed E-state index contributed by atoms with van der Waals surface area (Å²) in [5.41, 5.74) is 8.25. The van der Waals surface area contributed by atoms with Crippen LogP contribution >= 0.6 is 23.7 Å². The Kier molecular flexibility index (Phi) is 11.9. The molecule has 14 heteroatoms. The summed E-state index contributed by atoms with van der Waals surface area (Å²) in [6.45, 7) is 6.06. The van der Waals surface area contributed by atoms with Crippen LogP contribution in [-0.4, -0.2) is 49.1 Å². The summed E-state index contributed by atoms with van der Waals surface area (Å²) in [6.07, 6.45) is 4.04. The molecule has 1 aromatic carbocycles. The van der Waals surface area contributed by atoms with Gasteiger partial charge in [0, 0.05) is 17.5 Å². The summed E-state index contributed by atoms with van der Waals surface area (Å²) in [6, 6.07) is 10.1. The molecular formula is C28H30ClN7O5S. The number of benzene rings is 1. The minimum Gasteiger partial charge on any atom is -0.477 e. The molecule has 5 rings (SSSR count). The van der Waals surface area contributed by atoms with Crippen LogP contribution in [-0.2, 0) is 17.7 Å². The first kappa shape index (κ1) is 33.6. The second-order valence-electron chi connectivity index (χ2n) is 8.64. The summed E-state index contributed by atoms with van der Waals surface area (Å²) < 4.78 is 6.33. The number of hydrogen-bond donors (Lipinski definition) is 3. The van der Waals surface area contributed by atoms with E-state index in [0.717, 1.165) is 26.4 Å². The van der Waals surface area contributed by atoms with Crippen molar-refractivity contribution in [1.29, 1.82) is 5.26 Å². The number of carboxylic acids is 1. The van der Waals surface area contributed by atoms with E-state index in [1.807, 2.05) is 25.1 Å². The molecule has 3 heterocycles. The molecule has 0 bridgehead atoms. The Morgan fingerprint density at radius 3 is 2.71 bits per heavy atom. The van der Waals surface area contributed by atoms with Crippen molar-refractivity contribution in [3.05, 3.63) is 92.7 Å². The monoisotopic (exact) mass is 611 g/mol. The molecule has 42 heavy (non-hydrogen) atoms. The number of fused-ring (bicyclic) bond motifs is 2. The molecule has 1 atom stereocenters. The van der Waals surface area contributed by atoms with E-state index in [2.05, 4.69) is 27.0 Å². The van der Waals surface area contributed by atoms with Gasteiger partial charge in [-0.15, -0.1) is 23.7 Å². The molecule has 0 saturated heterocycles. The van der Waals surface area contributed by atoms with E-state index >= 15 is 0 Å². The summed E-state index contributed by atoms with van der Waals surface area (Å²) in [5, 5.41) is 24.5. The van der Waals surface area contributed by atoms with Crippen LogP contribution < -0.4 is 11.1 Å². The van der Waals surface area contributed by atoms with Crippen molar-refractivity contribution in [3.63, 3.8) is 0 Å². The Labute approximate surface area is 252 Å². The molecule has 4 aromatic rings. The number of hydrogen-bond acceptors (Lipinski definition) is 10. The van der Waals surface area contributed by atoms with Gasteiger partial charge in [-0.3, -0.25) is 4.79 Å². The van der Waals surface area contributed by atoms with Crippen molar-refractivity contribution in [2.75, 3.05) is 6.61 Å². The van der Waals surface area contributed by atoms with Gasteiger partial charge in [0.2, 0.25) is 0 Å². The van der Waals surface area contributed by atoms with Crippen molar-refractivity contribution in [3.8, 4) is 6.07 Å². The van der Waals surface area contributed by atoms with E-state index in [1.54, 1.807) is 12.1 Å². The van der Waals surface area contributed by atoms with Gasteiger partial charge in [-0.1, -0.05) is 26.1 Å². The smallest absolute Gasteiger partial charge is 0.354 e. The van der Waals surface area contributed by atoms with Crippen LogP contribution in [0.1, 0.15) is 77.7 Å². The van der Waals surface area contributed by atoms with Crippen molar-refractivity contribution >= 4 is 47.4 Å². The highest BCUT2D eigenvalue weighted by atomic mass is 35.5. The van der Waals surface area contributed by atoms with Crippen molar-refractivity contribution in [1.82, 2.24) is 24.9 Å². The second-order valence-corrected chi connectivity index (χ2v) is 9.81. The number of aromatic carboxylic acids is 1. The zero-order chi connectivity index (χ0) is 28.8. The Morgan fingerprint density at radius 2 is 2.10 bits per heavy atom. The van der Waals surface area contributed by atoms with Crippen molar-refractivity contribution in [2.24, 2.45) is 5.73 Å². The van der Waals surface area contributed by atoms with Crippen LogP contribution in [0.25, 0.3) is 5.78 Å². The molecule has 0 radical (unpaired) electrons. The average Bonchev–Trinajstić information content (AvgIpc) is 3.71. The lowest BCUT2D eigenvalue weighted by atomic mass is 9.98. The molecule has 0 fully saturated rings. The second kappa shape index (κ2) is 14.8. The number of aromatic nitrogens is 4. The van der Waals surface area contributed by atoms with Gasteiger partial charge in [0.25, 0.3) is 11.7 Å². The predicted octanol–water partition coefficient (Wildman–Crippen LogP) is 4.03. The number of amides is 1. The van der Waals surface area contributed by atoms with E-state index in [9.17, 15) is 19.5 Å². The third-order valence-electron chi connectivity index (χ3n) is 6.23. The van der Waals surface area contributed by atoms with Gasteiger partial charge < -0.3 is 20.9 Å². The van der Waals surface area contributed by atoms with Gasteiger partial charge in [0.05, 0.1) is 11.6 Å². The highest BCUT2D eigenvalue weighted by Crippen LogP contribution is 2.35. The number of rotatable bonds is 7. The zero-order valence-corrected chi connectivity index (χ0v) is 23.5. The zero-order valence-electron chi connectivity index (χ0n) is 21.9. The summed E-state index contributed by atoms with van der Waals surface area (Å²) in [4.78, 5) is 46.1. The van der Waals surface area contributed by atoms with Gasteiger partial charge in [0.1, 0.15) is 29.6 Å². The maximum absolute atomic E-state index is 13.0. The number of ether oxygens (including phenoxy) is 1. The number of nitrogens with zero attached hydrogens (tertiary/aromatic N) is 5. The number of halogens is 1. The fourth-order valence-electron chi connectivity index (χ4n) is 4.33. The number of nitrogens with two attached hydrogens (primary N) is 1. The molecule has 3 aromatic heterocycles. The Hall–Kier alpha value is -4.64. The van der Waals surface area contributed by atoms with Crippen LogP contribution in [0.5, 0.6) is 0 Å². The topological polar surface area (TPSA) is 186 Å². The molecule has 1 aliphatic carbocycles. The van der Waals surface area contributed by atoms with E-state index in [4.69, 9.17) is 15.7 Å². The molecular weight excluding hydrogens is 582 g/mol. The standard InChI is InChI=1S/C21H19N5O5.C6H6N2S.CH4.ClH/c1-3-8-31-20(30)13-4-5-14-12(11(13)2)6-7-15(14)24-18(27)17-9-16(19(28)29)25-21-22-10-23-26(17)21;7-3-5-1-2-6(4-8)9-5;;/h3-5,9-10,15H,1,6-8H2,2H3,(H,24,27)(H,28,29);1-2H,3,7H2;1H4;1H/t15-;;;/m0.../s1. The van der Waals surface area contributed by atoms with Crippen LogP contribution in [0.15, 0.2) is 49.3 Å². The molecule has 0 aliphatic heterocycles. The van der Waals surface area contributed by atoms with Gasteiger partial charge >= 0.3 is 11.9 Å². The van der Waals surface area contributed by atoms with Gasteiger partial charge in [-0.05, 0) is 54.7 Å². The van der Waals surface area contributed by atoms with Gasteiger partial charge in [0.15, 0.2) is 5.69 Å². The number of carbonyl (C=O) groups excluding carboxylic acids is 2. The van der Waals surface area contributed by atoms with Gasteiger partial charge in [-0.25, -0.2) is 14.6 Å². The van der Waals surface area contributed by atoms with E-state index in [-0.39, 0.29) is 49.6 Å². The fourth-order valence-corrected chi connectivity index (χ4v) is 5.01. The molecule has 4 N–H and O–H groups in total. The highest BCUT2D eigenvalue weighted by molar-refractivity contribution is 7.12. The Morgan fingerprint density at radius 1 is 1.33 bits per heavy atom. The maximum Gasteiger partial charge on any atom is 0.354 e. The van der Waals surface area contributed by atoms with Crippen LogP contribution in [0.3, 0.4) is 0 Å². The maximum atomic E-state index is 13.0. The van der Waals surface area contributed by atoms with Crippen molar-refractivity contribution in [2.45, 2.75) is 39.8 Å². The van der Waals surface area contributed by atoms with Crippen LogP contribution in [0, 0.1) is 18.3 Å². The molecule has 0 spiro atoms. The normalized spacial score (nSPS) is 12.8. The minimum absolute atomic E-state index is 0. The van der Waals surface area contributed by atoms with Crippen LogP contribution in [0.2, 0.25) is 0 Å². The summed E-state index contributed by atoms with van der Waals surface area (Å²) in [7, 11) is 0. The summed E-state index contributed by atoms with van der Waals surface area (Å²) >= 11 is 1.45. The fraction of sp³-hybridized carbons (Fsp3) is 0.250. The van der Waals surface area contributed by atoms with Gasteiger partial charge in [-0.2, -0.15) is 19.9 Å². The minimum atomic E-state index is -1.27. The number of nitriles is 1. The predicted molar refractivity (Wildman–Crippen MR) is 159 cm³/mol. The molecule has 0 saturated carbocycles. The Balaban J connectivity index is 0.000000482. The number of nitrogens with one attached hydrogen (secondary N) is 1. The highest BCUT2D eigenvalue weighted by Gasteiger charge is 2.29. The first-order chi connectivity index (χ1) is 19.3. The Bertz CT molecular complexity index is 1660. The molecule has 12 nitrogen and oxygen atoms in total. The first-order valence-electron chi connectivity index (χ1n) is 12.1. The average molecular weight is 612 g/mol. The van der Waals surface area contributed by atoms with Crippen molar-refractivity contribution < 1.29 is 24.2 Å². The third kappa shape index (κ3) is 7.16. The van der Waals surface area contributed by atoms with E-state index < -0.39 is 17.8 Å². The van der Waals surface area contributed by atoms with E-state index in [0.29, 0.717) is 24.9 Å². The third-order valence-corrected chi connectivity index (χ3v) is 7.24. The van der Waals surface area contributed by atoms with E-state index in [1.165, 1.54) is 34.3 Å². The molecule has 1 amide bonds. The molecule has 220 valence electrons. The lowest BCUT2D eigenvalue weighted by Crippen LogP contribution is -2.29. The SMILES string of the molecule is C.C=CCOC(=O)c1ccc2c(c1C)CC[C@@H]2NC(=O)c1cc(C(=O)O)nc2ncnn12.Cl.N#Cc1ccc(CN)s1. The number of carboxylic acid groups (broad SMARTS) is 1. The molecule has 1 aliphatic rings. The quantitative estimate of drug-likeness (QED) is 0.203.